The Kier molecular flexibility index (Phi) is 7.71. The number of ether oxygens (including phenoxy) is 2. The molecule has 2 N–H and O–H groups in total. The van der Waals surface area contributed by atoms with Crippen LogP contribution in [0.5, 0.6) is 0 Å². The van der Waals surface area contributed by atoms with Crippen LogP contribution in [0, 0.1) is 5.82 Å². The van der Waals surface area contributed by atoms with E-state index in [2.05, 4.69) is 15.3 Å². The topological polar surface area (TPSA) is 113 Å². The number of nitrogens with zero attached hydrogens (tertiary/aromatic N) is 3. The lowest BCUT2D eigenvalue weighted by Gasteiger charge is -2.29. The molecule has 0 amide bonds. The van der Waals surface area contributed by atoms with Crippen LogP contribution in [-0.2, 0) is 19.1 Å². The summed E-state index contributed by atoms with van der Waals surface area (Å²) in [5.41, 5.74) is 0.876. The molecule has 2 atom stereocenters. The van der Waals surface area contributed by atoms with Crippen LogP contribution >= 0.6 is 11.3 Å². The first-order chi connectivity index (χ1) is 17.2. The minimum atomic E-state index is -3.29. The fraction of sp³-hybridized carbons (Fsp3) is 0.391. The molecule has 13 heteroatoms. The first-order valence-corrected chi connectivity index (χ1v) is 11.9. The number of hydrogen-bond donors (Lipinski definition) is 2. The average molecular weight is 525 g/mol. The minimum Gasteiger partial charge on any atom is -0.480 e. The summed E-state index contributed by atoms with van der Waals surface area (Å²) in [7, 11) is 0. The second-order valence-electron chi connectivity index (χ2n) is 8.13. The van der Waals surface area contributed by atoms with Gasteiger partial charge < -0.3 is 19.9 Å². The van der Waals surface area contributed by atoms with Crippen molar-refractivity contribution in [3.63, 3.8) is 0 Å². The number of thiazole rings is 1. The first kappa shape index (κ1) is 25.8. The number of nitrogens with one attached hydrogen (secondary N) is 1. The summed E-state index contributed by atoms with van der Waals surface area (Å²) in [6.45, 7) is -0.232. The predicted molar refractivity (Wildman–Crippen MR) is 123 cm³/mol. The lowest BCUT2D eigenvalue weighted by Crippen LogP contribution is -2.39. The number of likely N-dealkylation sites (tertiary alicyclic amines) is 1. The number of halogens is 3. The zero-order valence-electron chi connectivity index (χ0n) is 19.1. The number of rotatable bonds is 9. The van der Waals surface area contributed by atoms with Crippen LogP contribution in [0.3, 0.4) is 0 Å². The number of carbonyl (C=O) groups excluding carboxylic acids is 1. The molecule has 1 aromatic carbocycles. The zero-order valence-corrected chi connectivity index (χ0v) is 19.9. The molecule has 192 valence electrons. The van der Waals surface area contributed by atoms with Gasteiger partial charge in [-0.2, -0.15) is 0 Å². The Morgan fingerprint density at radius 1 is 1.31 bits per heavy atom. The zero-order chi connectivity index (χ0) is 25.9. The van der Waals surface area contributed by atoms with E-state index < -0.39 is 49.0 Å². The van der Waals surface area contributed by atoms with Gasteiger partial charge in [-0.1, -0.05) is 12.1 Å². The number of carbonyl (C=O) groups is 2. The van der Waals surface area contributed by atoms with Crippen molar-refractivity contribution in [1.82, 2.24) is 15.2 Å². The Bertz CT molecular complexity index is 1170. The highest BCUT2D eigenvalue weighted by molar-refractivity contribution is 7.11. The molecule has 36 heavy (non-hydrogen) atoms. The number of benzene rings is 1. The van der Waals surface area contributed by atoms with E-state index >= 15 is 0 Å². The van der Waals surface area contributed by atoms with Crippen LogP contribution < -0.4 is 5.32 Å². The van der Waals surface area contributed by atoms with Crippen LogP contribution in [-0.4, -0.2) is 77.6 Å². The van der Waals surface area contributed by atoms with E-state index in [0.29, 0.717) is 16.4 Å². The number of esters is 1. The number of hydrogen-bond acceptors (Lipinski definition) is 9. The molecular weight excluding hydrogens is 501 g/mol. The predicted octanol–water partition coefficient (Wildman–Crippen LogP) is 2.61. The third-order valence-corrected chi connectivity index (χ3v) is 6.34. The van der Waals surface area contributed by atoms with Crippen molar-refractivity contribution in [2.75, 3.05) is 32.8 Å². The van der Waals surface area contributed by atoms with Gasteiger partial charge in [0.25, 0.3) is 5.92 Å². The standard InChI is InChI=1S/C23H23F3N4O5S/c1-2-34-22(33)18-15(9-30-10-16(23(25,26)12-30)35-11-17(31)32)28-20(21-27-7-8-36-21)29-19(18)13-3-5-14(24)6-4-13/h3-8,16,19H,2,9-12H2,1H3,(H,28,29)(H,31,32)/t16?,19-/m1/s1. The Balaban J connectivity index is 1.71. The third-order valence-electron chi connectivity index (χ3n) is 5.56. The van der Waals surface area contributed by atoms with Gasteiger partial charge in [0, 0.05) is 30.4 Å². The smallest absolute Gasteiger partial charge is 0.338 e. The first-order valence-electron chi connectivity index (χ1n) is 11.0. The fourth-order valence-electron chi connectivity index (χ4n) is 4.03. The van der Waals surface area contributed by atoms with Crippen molar-refractivity contribution in [3.8, 4) is 0 Å². The number of alkyl halides is 2. The fourth-order valence-corrected chi connectivity index (χ4v) is 4.62. The van der Waals surface area contributed by atoms with E-state index in [0.717, 1.165) is 0 Å². The lowest BCUT2D eigenvalue weighted by molar-refractivity contribution is -0.152. The van der Waals surface area contributed by atoms with E-state index in [9.17, 15) is 22.8 Å². The highest BCUT2D eigenvalue weighted by Crippen LogP contribution is 2.35. The van der Waals surface area contributed by atoms with Gasteiger partial charge in [0.05, 0.1) is 18.7 Å². The van der Waals surface area contributed by atoms with Gasteiger partial charge in [0.1, 0.15) is 24.6 Å². The quantitative estimate of drug-likeness (QED) is 0.482. The maximum Gasteiger partial charge on any atom is 0.338 e. The molecule has 9 nitrogen and oxygen atoms in total. The molecule has 0 saturated carbocycles. The van der Waals surface area contributed by atoms with E-state index in [1.807, 2.05) is 0 Å². The van der Waals surface area contributed by atoms with Gasteiger partial charge in [-0.3, -0.25) is 9.89 Å². The average Bonchev–Trinajstić information content (AvgIpc) is 3.45. The van der Waals surface area contributed by atoms with Crippen LogP contribution in [0.15, 0.2) is 52.1 Å². The van der Waals surface area contributed by atoms with Gasteiger partial charge in [-0.05, 0) is 24.6 Å². The van der Waals surface area contributed by atoms with Gasteiger partial charge in [-0.25, -0.2) is 27.7 Å². The summed E-state index contributed by atoms with van der Waals surface area (Å²) in [6, 6.07) is 4.56. The molecule has 1 fully saturated rings. The van der Waals surface area contributed by atoms with Gasteiger partial charge in [-0.15, -0.1) is 11.3 Å². The largest absolute Gasteiger partial charge is 0.480 e. The van der Waals surface area contributed by atoms with Crippen LogP contribution in [0.4, 0.5) is 13.2 Å². The second kappa shape index (κ2) is 10.8. The molecule has 0 aliphatic carbocycles. The van der Waals surface area contributed by atoms with Gasteiger partial charge in [0.2, 0.25) is 0 Å². The molecule has 2 aromatic rings. The second-order valence-corrected chi connectivity index (χ2v) is 9.03. The highest BCUT2D eigenvalue weighted by atomic mass is 32.1. The Labute approximate surface area is 208 Å². The lowest BCUT2D eigenvalue weighted by atomic mass is 9.95. The third kappa shape index (κ3) is 5.74. The van der Waals surface area contributed by atoms with E-state index in [1.165, 1.54) is 40.5 Å². The van der Waals surface area contributed by atoms with Crippen LogP contribution in [0.1, 0.15) is 23.5 Å². The molecule has 1 saturated heterocycles. The number of carboxylic acids is 1. The van der Waals surface area contributed by atoms with E-state index in [4.69, 9.17) is 14.6 Å². The molecule has 1 unspecified atom stereocenters. The monoisotopic (exact) mass is 524 g/mol. The van der Waals surface area contributed by atoms with Gasteiger partial charge in [0.15, 0.2) is 10.8 Å². The van der Waals surface area contributed by atoms with Crippen molar-refractivity contribution in [2.45, 2.75) is 25.0 Å². The molecule has 0 bridgehead atoms. The Hall–Kier alpha value is -3.29. The van der Waals surface area contributed by atoms with Crippen molar-refractivity contribution < 1.29 is 37.3 Å². The summed E-state index contributed by atoms with van der Waals surface area (Å²) in [5.74, 6) is -5.48. The van der Waals surface area contributed by atoms with E-state index in [1.54, 1.807) is 18.5 Å². The molecule has 0 radical (unpaired) electrons. The maximum atomic E-state index is 14.6. The normalized spacial score (nSPS) is 21.7. The number of aromatic nitrogens is 1. The molecule has 1 aromatic heterocycles. The number of amidine groups is 1. The summed E-state index contributed by atoms with van der Waals surface area (Å²) < 4.78 is 52.9. The Morgan fingerprint density at radius 2 is 2.06 bits per heavy atom. The molecule has 3 heterocycles. The number of carboxylic acid groups (broad SMARTS) is 1. The van der Waals surface area contributed by atoms with Gasteiger partial charge >= 0.3 is 11.9 Å². The van der Waals surface area contributed by atoms with Crippen LogP contribution in [0.25, 0.3) is 0 Å². The SMILES string of the molecule is CCOC(=O)C1=C(CN2CC(OCC(=O)O)C(F)(F)C2)NC(c2nccs2)=N[C@@H]1c1ccc(F)cc1. The maximum absolute atomic E-state index is 14.6. The molecule has 2 aliphatic rings. The summed E-state index contributed by atoms with van der Waals surface area (Å²) in [5, 5.41) is 14.1. The minimum absolute atomic E-state index is 0.0711. The van der Waals surface area contributed by atoms with Crippen molar-refractivity contribution in [2.24, 2.45) is 4.99 Å². The van der Waals surface area contributed by atoms with Crippen molar-refractivity contribution >= 4 is 29.1 Å². The summed E-state index contributed by atoms with van der Waals surface area (Å²) in [6.07, 6.45) is -0.0453. The summed E-state index contributed by atoms with van der Waals surface area (Å²) in [4.78, 5) is 34.1. The summed E-state index contributed by atoms with van der Waals surface area (Å²) >= 11 is 1.29. The molecular formula is C23H23F3N4O5S. The van der Waals surface area contributed by atoms with Crippen molar-refractivity contribution in [1.29, 1.82) is 0 Å². The number of aliphatic imine (C=N–C) groups is 1. The molecule has 2 aliphatic heterocycles. The van der Waals surface area contributed by atoms with Crippen molar-refractivity contribution in [3.05, 3.63) is 63.5 Å². The molecule has 4 rings (SSSR count). The Morgan fingerprint density at radius 3 is 2.69 bits per heavy atom. The highest BCUT2D eigenvalue weighted by Gasteiger charge is 2.49. The van der Waals surface area contributed by atoms with Crippen LogP contribution in [0.2, 0.25) is 0 Å². The number of aliphatic carboxylic acids is 1. The molecule has 0 spiro atoms. The van der Waals surface area contributed by atoms with E-state index in [-0.39, 0.29) is 31.0 Å².